The van der Waals surface area contributed by atoms with Gasteiger partial charge in [0.05, 0.1) is 6.61 Å². The van der Waals surface area contributed by atoms with E-state index in [-0.39, 0.29) is 0 Å². The number of nitrogens with zero attached hydrogens (tertiary/aromatic N) is 2. The molecule has 0 aliphatic carbocycles. The van der Waals surface area contributed by atoms with Crippen molar-refractivity contribution >= 4 is 0 Å². The fraction of sp³-hybridized carbons (Fsp3) is 0.286. The highest BCUT2D eigenvalue weighted by atomic mass is 16.6. The minimum Gasteiger partial charge on any atom is -0.264 e. The Morgan fingerprint density at radius 2 is 2.50 bits per heavy atom. The maximum absolute atomic E-state index is 8.01. The van der Waals surface area contributed by atoms with Gasteiger partial charge in [-0.2, -0.15) is 0 Å². The predicted octanol–water partition coefficient (Wildman–Crippen LogP) is 0.624. The van der Waals surface area contributed by atoms with Crippen molar-refractivity contribution < 1.29 is 4.84 Å². The minimum absolute atomic E-state index is 0.325. The Morgan fingerprint density at radius 3 is 3.10 bits per heavy atom. The average molecular weight is 136 g/mol. The lowest BCUT2D eigenvalue weighted by Crippen LogP contribution is -1.95. The van der Waals surface area contributed by atoms with Crippen LogP contribution in [0.2, 0.25) is 0 Å². The SMILES string of the molecule is [N]OCCc1cccnc1. The van der Waals surface area contributed by atoms with Crippen LogP contribution in [0.15, 0.2) is 24.5 Å². The van der Waals surface area contributed by atoms with Gasteiger partial charge in [-0.1, -0.05) is 6.07 Å². The summed E-state index contributed by atoms with van der Waals surface area (Å²) in [6.45, 7) is 0.325. The molecule has 10 heavy (non-hydrogen) atoms. The molecule has 0 atom stereocenters. The van der Waals surface area contributed by atoms with E-state index in [1.54, 1.807) is 12.4 Å². The zero-order valence-electron chi connectivity index (χ0n) is 5.53. The molecular formula is C7H8N2O. The van der Waals surface area contributed by atoms with Crippen LogP contribution in [0.5, 0.6) is 0 Å². The van der Waals surface area contributed by atoms with Crippen molar-refractivity contribution in [1.29, 1.82) is 0 Å². The molecule has 0 amide bonds. The Hall–Kier alpha value is -0.930. The second-order valence-corrected chi connectivity index (χ2v) is 1.94. The van der Waals surface area contributed by atoms with E-state index in [2.05, 4.69) is 9.82 Å². The van der Waals surface area contributed by atoms with Gasteiger partial charge in [-0.15, -0.1) is 0 Å². The molecule has 0 aliphatic heterocycles. The molecule has 1 rings (SSSR count). The summed E-state index contributed by atoms with van der Waals surface area (Å²) in [5, 5.41) is 0. The number of rotatable bonds is 3. The molecule has 2 radical (unpaired) electrons. The highest BCUT2D eigenvalue weighted by Gasteiger charge is 1.89. The molecule has 1 aromatic rings. The number of pyridine rings is 1. The van der Waals surface area contributed by atoms with Crippen molar-refractivity contribution in [2.24, 2.45) is 0 Å². The van der Waals surface area contributed by atoms with Crippen molar-refractivity contribution in [3.05, 3.63) is 30.1 Å². The number of aromatic nitrogens is 1. The van der Waals surface area contributed by atoms with Crippen LogP contribution >= 0.6 is 0 Å². The lowest BCUT2D eigenvalue weighted by Gasteiger charge is -1.94. The fourth-order valence-corrected chi connectivity index (χ4v) is 0.710. The smallest absolute Gasteiger partial charge is 0.0760 e. The van der Waals surface area contributed by atoms with Gasteiger partial charge < -0.3 is 0 Å². The zero-order chi connectivity index (χ0) is 7.23. The number of hydrogen-bond acceptors (Lipinski definition) is 2. The quantitative estimate of drug-likeness (QED) is 0.572. The van der Waals surface area contributed by atoms with Gasteiger partial charge in [-0.3, -0.25) is 9.82 Å². The van der Waals surface area contributed by atoms with E-state index >= 15 is 0 Å². The summed E-state index contributed by atoms with van der Waals surface area (Å²) in [6.07, 6.45) is 4.16. The van der Waals surface area contributed by atoms with E-state index in [4.69, 9.17) is 5.90 Å². The number of hydrogen-bond donors (Lipinski definition) is 0. The largest absolute Gasteiger partial charge is 0.264 e. The average Bonchev–Trinajstić information content (AvgIpc) is 2.03. The summed E-state index contributed by atoms with van der Waals surface area (Å²) in [5.41, 5.74) is 1.07. The van der Waals surface area contributed by atoms with Gasteiger partial charge >= 0.3 is 0 Å². The minimum atomic E-state index is 0.325. The first kappa shape index (κ1) is 7.18. The summed E-state index contributed by atoms with van der Waals surface area (Å²) >= 11 is 0. The summed E-state index contributed by atoms with van der Waals surface area (Å²) in [4.78, 5) is 7.82. The zero-order valence-corrected chi connectivity index (χ0v) is 5.53. The Labute approximate surface area is 59.8 Å². The topological polar surface area (TPSA) is 44.4 Å². The summed E-state index contributed by atoms with van der Waals surface area (Å²) < 4.78 is 0. The third-order valence-corrected chi connectivity index (χ3v) is 1.20. The Bertz CT molecular complexity index is 176. The first-order chi connectivity index (χ1) is 4.93. The molecule has 1 heterocycles. The van der Waals surface area contributed by atoms with Crippen LogP contribution in [0.25, 0.3) is 0 Å². The maximum Gasteiger partial charge on any atom is 0.0760 e. The molecule has 0 bridgehead atoms. The van der Waals surface area contributed by atoms with Gasteiger partial charge in [0, 0.05) is 18.3 Å². The first-order valence-electron chi connectivity index (χ1n) is 3.09. The second-order valence-electron chi connectivity index (χ2n) is 1.94. The van der Waals surface area contributed by atoms with Crippen LogP contribution in [-0.2, 0) is 11.3 Å². The normalized spacial score (nSPS) is 9.70. The van der Waals surface area contributed by atoms with Gasteiger partial charge in [0.15, 0.2) is 0 Å². The lowest BCUT2D eigenvalue weighted by atomic mass is 10.2. The van der Waals surface area contributed by atoms with Crippen molar-refractivity contribution in [3.8, 4) is 0 Å². The molecule has 0 aliphatic rings. The van der Waals surface area contributed by atoms with Crippen molar-refractivity contribution in [1.82, 2.24) is 10.9 Å². The Balaban J connectivity index is 2.43. The van der Waals surface area contributed by atoms with Gasteiger partial charge in [0.2, 0.25) is 0 Å². The third-order valence-electron chi connectivity index (χ3n) is 1.20. The second kappa shape index (κ2) is 3.98. The molecule has 0 saturated carbocycles. The van der Waals surface area contributed by atoms with Crippen LogP contribution in [0.4, 0.5) is 0 Å². The van der Waals surface area contributed by atoms with Crippen molar-refractivity contribution in [3.63, 3.8) is 0 Å². The van der Waals surface area contributed by atoms with Crippen LogP contribution in [-0.4, -0.2) is 11.6 Å². The molecule has 3 heteroatoms. The molecule has 0 saturated heterocycles. The summed E-state index contributed by atoms with van der Waals surface area (Å²) in [6, 6.07) is 3.79. The van der Waals surface area contributed by atoms with Crippen LogP contribution in [0.1, 0.15) is 5.56 Å². The van der Waals surface area contributed by atoms with Gasteiger partial charge in [0.1, 0.15) is 0 Å². The molecule has 0 spiro atoms. The Kier molecular flexibility index (Phi) is 2.86. The molecule has 0 N–H and O–H groups in total. The molecule has 52 valence electrons. The van der Waals surface area contributed by atoms with Crippen LogP contribution in [0, 0.1) is 0 Å². The molecule has 3 nitrogen and oxygen atoms in total. The first-order valence-corrected chi connectivity index (χ1v) is 3.09. The summed E-state index contributed by atoms with van der Waals surface area (Å²) in [5.74, 6) is 8.01. The van der Waals surface area contributed by atoms with Crippen LogP contribution < -0.4 is 5.90 Å². The molecular weight excluding hydrogens is 128 g/mol. The Morgan fingerprint density at radius 1 is 1.60 bits per heavy atom. The molecule has 1 aromatic heterocycles. The monoisotopic (exact) mass is 136 g/mol. The standard InChI is InChI=1S/C7H8N2O/c8-10-5-3-7-2-1-4-9-6-7/h1-2,4,6H,3,5H2. The van der Waals surface area contributed by atoms with Gasteiger partial charge in [0.25, 0.3) is 0 Å². The van der Waals surface area contributed by atoms with Crippen molar-refractivity contribution in [2.75, 3.05) is 6.61 Å². The predicted molar refractivity (Wildman–Crippen MR) is 36.0 cm³/mol. The fourth-order valence-electron chi connectivity index (χ4n) is 0.710. The van der Waals surface area contributed by atoms with E-state index in [1.165, 1.54) is 0 Å². The van der Waals surface area contributed by atoms with E-state index in [1.807, 2.05) is 12.1 Å². The van der Waals surface area contributed by atoms with Gasteiger partial charge in [-0.05, 0) is 18.1 Å². The lowest BCUT2D eigenvalue weighted by molar-refractivity contribution is 0.121. The van der Waals surface area contributed by atoms with Crippen LogP contribution in [0.3, 0.4) is 0 Å². The summed E-state index contributed by atoms with van der Waals surface area (Å²) in [7, 11) is 0. The molecule has 0 unspecified atom stereocenters. The van der Waals surface area contributed by atoms with E-state index < -0.39 is 0 Å². The highest BCUT2D eigenvalue weighted by Crippen LogP contribution is 1.95. The van der Waals surface area contributed by atoms with E-state index in [9.17, 15) is 0 Å². The van der Waals surface area contributed by atoms with E-state index in [0.717, 1.165) is 5.56 Å². The highest BCUT2D eigenvalue weighted by molar-refractivity contribution is 5.08. The maximum atomic E-state index is 8.01. The third kappa shape index (κ3) is 2.13. The van der Waals surface area contributed by atoms with E-state index in [0.29, 0.717) is 13.0 Å². The molecule has 0 aromatic carbocycles. The molecule has 0 fully saturated rings. The van der Waals surface area contributed by atoms with Crippen molar-refractivity contribution in [2.45, 2.75) is 6.42 Å². The van der Waals surface area contributed by atoms with Gasteiger partial charge in [-0.25, -0.2) is 0 Å².